The van der Waals surface area contributed by atoms with Gasteiger partial charge in [-0.2, -0.15) is 0 Å². The molecule has 0 radical (unpaired) electrons. The normalized spacial score (nSPS) is 35.6. The van der Waals surface area contributed by atoms with Crippen LogP contribution in [-0.2, 0) is 4.74 Å². The van der Waals surface area contributed by atoms with E-state index in [9.17, 15) is 0 Å². The van der Waals surface area contributed by atoms with Crippen LogP contribution in [0.5, 0.6) is 0 Å². The molecule has 0 saturated carbocycles. The van der Waals surface area contributed by atoms with Crippen LogP contribution in [0.1, 0.15) is 26.2 Å². The maximum Gasteiger partial charge on any atom is 0.0594 e. The Bertz CT molecular complexity index is 304. The van der Waals surface area contributed by atoms with Crippen molar-refractivity contribution in [1.29, 1.82) is 0 Å². The number of hydrogen-bond acceptors (Lipinski definition) is 4. The SMILES string of the molecule is CC1(CN2CCCC(CN3CCOCC3)C2)CCNC1.Cl. The second-order valence-electron chi connectivity index (χ2n) is 7.39. The zero-order valence-electron chi connectivity index (χ0n) is 13.5. The minimum atomic E-state index is 0. The van der Waals surface area contributed by atoms with Crippen molar-refractivity contribution in [2.45, 2.75) is 26.2 Å². The number of halogens is 1. The smallest absolute Gasteiger partial charge is 0.0594 e. The van der Waals surface area contributed by atoms with Crippen LogP contribution >= 0.6 is 12.4 Å². The van der Waals surface area contributed by atoms with E-state index in [1.165, 1.54) is 58.5 Å². The number of ether oxygens (including phenoxy) is 1. The molecule has 3 aliphatic heterocycles. The van der Waals surface area contributed by atoms with Gasteiger partial charge in [0, 0.05) is 39.3 Å². The lowest BCUT2D eigenvalue weighted by molar-refractivity contribution is 0.0203. The quantitative estimate of drug-likeness (QED) is 0.849. The van der Waals surface area contributed by atoms with Crippen LogP contribution in [0.3, 0.4) is 0 Å². The summed E-state index contributed by atoms with van der Waals surface area (Å²) in [5.41, 5.74) is 0.515. The summed E-state index contributed by atoms with van der Waals surface area (Å²) in [5, 5.41) is 3.53. The van der Waals surface area contributed by atoms with Gasteiger partial charge in [-0.3, -0.25) is 4.90 Å². The summed E-state index contributed by atoms with van der Waals surface area (Å²) in [4.78, 5) is 5.35. The standard InChI is InChI=1S/C16H31N3O.ClH/c1-16(4-5-17-13-16)14-19-6-2-3-15(12-19)11-18-7-9-20-10-8-18;/h15,17H,2-14H2,1H3;1H. The van der Waals surface area contributed by atoms with Gasteiger partial charge < -0.3 is 15.0 Å². The first-order chi connectivity index (χ1) is 9.73. The van der Waals surface area contributed by atoms with Crippen molar-refractivity contribution in [2.75, 3.05) is 65.6 Å². The summed E-state index contributed by atoms with van der Waals surface area (Å²) in [7, 11) is 0. The topological polar surface area (TPSA) is 27.7 Å². The second kappa shape index (κ2) is 8.11. The summed E-state index contributed by atoms with van der Waals surface area (Å²) in [5.74, 6) is 0.875. The van der Waals surface area contributed by atoms with E-state index < -0.39 is 0 Å². The lowest BCUT2D eigenvalue weighted by Crippen LogP contribution is -2.47. The van der Waals surface area contributed by atoms with Gasteiger partial charge in [-0.15, -0.1) is 12.4 Å². The van der Waals surface area contributed by atoms with E-state index in [4.69, 9.17) is 4.74 Å². The van der Waals surface area contributed by atoms with Crippen molar-refractivity contribution in [3.05, 3.63) is 0 Å². The fraction of sp³-hybridized carbons (Fsp3) is 1.00. The number of nitrogens with zero attached hydrogens (tertiary/aromatic N) is 2. The lowest BCUT2D eigenvalue weighted by Gasteiger charge is -2.39. The van der Waals surface area contributed by atoms with Gasteiger partial charge in [-0.25, -0.2) is 0 Å². The van der Waals surface area contributed by atoms with Gasteiger partial charge in [0.1, 0.15) is 0 Å². The first-order valence-electron chi connectivity index (χ1n) is 8.47. The second-order valence-corrected chi connectivity index (χ2v) is 7.39. The molecule has 3 saturated heterocycles. The number of nitrogens with one attached hydrogen (secondary N) is 1. The van der Waals surface area contributed by atoms with Crippen molar-refractivity contribution in [2.24, 2.45) is 11.3 Å². The van der Waals surface area contributed by atoms with Crippen LogP contribution in [0.15, 0.2) is 0 Å². The van der Waals surface area contributed by atoms with E-state index in [0.717, 1.165) is 32.2 Å². The molecule has 21 heavy (non-hydrogen) atoms. The largest absolute Gasteiger partial charge is 0.379 e. The van der Waals surface area contributed by atoms with Gasteiger partial charge in [0.25, 0.3) is 0 Å². The Morgan fingerprint density at radius 1 is 1.19 bits per heavy atom. The summed E-state index contributed by atoms with van der Waals surface area (Å²) in [6.45, 7) is 14.2. The molecular formula is C16H32ClN3O. The van der Waals surface area contributed by atoms with Crippen LogP contribution in [0.2, 0.25) is 0 Å². The molecule has 3 heterocycles. The van der Waals surface area contributed by atoms with E-state index >= 15 is 0 Å². The van der Waals surface area contributed by atoms with Gasteiger partial charge in [-0.05, 0) is 43.7 Å². The minimum Gasteiger partial charge on any atom is -0.379 e. The molecule has 3 fully saturated rings. The third-order valence-electron chi connectivity index (χ3n) is 5.29. The molecule has 4 nitrogen and oxygen atoms in total. The summed E-state index contributed by atoms with van der Waals surface area (Å²) in [6, 6.07) is 0. The molecular weight excluding hydrogens is 286 g/mol. The molecule has 0 aromatic heterocycles. The average Bonchev–Trinajstić information content (AvgIpc) is 2.87. The van der Waals surface area contributed by atoms with Crippen molar-refractivity contribution >= 4 is 12.4 Å². The molecule has 0 amide bonds. The van der Waals surface area contributed by atoms with Gasteiger partial charge in [0.2, 0.25) is 0 Å². The number of morpholine rings is 1. The van der Waals surface area contributed by atoms with Gasteiger partial charge >= 0.3 is 0 Å². The lowest BCUT2D eigenvalue weighted by atomic mass is 9.87. The fourth-order valence-corrected chi connectivity index (χ4v) is 4.14. The molecule has 1 N–H and O–H groups in total. The molecule has 2 unspecified atom stereocenters. The Balaban J connectivity index is 0.00000161. The zero-order valence-corrected chi connectivity index (χ0v) is 14.3. The molecule has 0 spiro atoms. The van der Waals surface area contributed by atoms with Gasteiger partial charge in [0.05, 0.1) is 13.2 Å². The Labute approximate surface area is 136 Å². The maximum absolute atomic E-state index is 5.45. The Morgan fingerprint density at radius 2 is 2.00 bits per heavy atom. The Morgan fingerprint density at radius 3 is 2.71 bits per heavy atom. The third-order valence-corrected chi connectivity index (χ3v) is 5.29. The van der Waals surface area contributed by atoms with E-state index in [0.29, 0.717) is 5.41 Å². The fourth-order valence-electron chi connectivity index (χ4n) is 4.14. The molecule has 2 atom stereocenters. The molecule has 3 rings (SSSR count). The highest BCUT2D eigenvalue weighted by Crippen LogP contribution is 2.28. The highest BCUT2D eigenvalue weighted by Gasteiger charge is 2.32. The first kappa shape index (κ1) is 17.5. The van der Waals surface area contributed by atoms with E-state index in [1.54, 1.807) is 0 Å². The zero-order chi connectivity index (χ0) is 13.8. The average molecular weight is 318 g/mol. The Kier molecular flexibility index (Phi) is 6.76. The Hall–Kier alpha value is 0.130. The number of hydrogen-bond donors (Lipinski definition) is 1. The van der Waals surface area contributed by atoms with Crippen molar-refractivity contribution < 1.29 is 4.74 Å². The first-order valence-corrected chi connectivity index (χ1v) is 8.47. The maximum atomic E-state index is 5.45. The number of rotatable bonds is 4. The highest BCUT2D eigenvalue weighted by atomic mass is 35.5. The molecule has 0 aliphatic carbocycles. The molecule has 124 valence electrons. The molecule has 0 aromatic carbocycles. The van der Waals surface area contributed by atoms with Crippen LogP contribution in [0, 0.1) is 11.3 Å². The highest BCUT2D eigenvalue weighted by molar-refractivity contribution is 5.85. The summed E-state index contributed by atoms with van der Waals surface area (Å²) >= 11 is 0. The minimum absolute atomic E-state index is 0. The van der Waals surface area contributed by atoms with Crippen LogP contribution in [0.4, 0.5) is 0 Å². The predicted molar refractivity (Wildman–Crippen MR) is 89.3 cm³/mol. The summed E-state index contributed by atoms with van der Waals surface area (Å²) in [6.07, 6.45) is 4.15. The predicted octanol–water partition coefficient (Wildman–Crippen LogP) is 1.45. The van der Waals surface area contributed by atoms with E-state index in [2.05, 4.69) is 22.0 Å². The van der Waals surface area contributed by atoms with E-state index in [1.807, 2.05) is 0 Å². The van der Waals surface area contributed by atoms with Crippen LogP contribution in [-0.4, -0.2) is 75.4 Å². The molecule has 0 aromatic rings. The van der Waals surface area contributed by atoms with Crippen LogP contribution < -0.4 is 5.32 Å². The van der Waals surface area contributed by atoms with Gasteiger partial charge in [-0.1, -0.05) is 6.92 Å². The number of piperidine rings is 1. The third kappa shape index (κ3) is 5.07. The van der Waals surface area contributed by atoms with Crippen molar-refractivity contribution in [3.63, 3.8) is 0 Å². The molecule has 5 heteroatoms. The van der Waals surface area contributed by atoms with Crippen molar-refractivity contribution in [1.82, 2.24) is 15.1 Å². The monoisotopic (exact) mass is 317 g/mol. The van der Waals surface area contributed by atoms with Gasteiger partial charge in [0.15, 0.2) is 0 Å². The number of likely N-dealkylation sites (tertiary alicyclic amines) is 1. The molecule has 0 bridgehead atoms. The van der Waals surface area contributed by atoms with E-state index in [-0.39, 0.29) is 12.4 Å². The summed E-state index contributed by atoms with van der Waals surface area (Å²) < 4.78 is 5.45. The van der Waals surface area contributed by atoms with Crippen molar-refractivity contribution in [3.8, 4) is 0 Å². The van der Waals surface area contributed by atoms with Crippen LogP contribution in [0.25, 0.3) is 0 Å². The molecule has 3 aliphatic rings.